The first-order valence-corrected chi connectivity index (χ1v) is 4.75. The van der Waals surface area contributed by atoms with Crippen LogP contribution in [0.15, 0.2) is 24.3 Å². The summed E-state index contributed by atoms with van der Waals surface area (Å²) >= 11 is 0. The van der Waals surface area contributed by atoms with E-state index < -0.39 is 0 Å². The average molecular weight is 192 g/mol. The fourth-order valence-corrected chi connectivity index (χ4v) is 1.37. The van der Waals surface area contributed by atoms with E-state index in [2.05, 4.69) is 5.32 Å². The lowest BCUT2D eigenvalue weighted by atomic mass is 10.0. The van der Waals surface area contributed by atoms with Gasteiger partial charge in [-0.1, -0.05) is 24.3 Å². The van der Waals surface area contributed by atoms with Crippen LogP contribution < -0.4 is 11.1 Å². The van der Waals surface area contributed by atoms with E-state index >= 15 is 0 Å². The van der Waals surface area contributed by atoms with Crippen molar-refractivity contribution in [1.82, 2.24) is 5.32 Å². The van der Waals surface area contributed by atoms with Crippen LogP contribution in [0.5, 0.6) is 0 Å². The minimum Gasteiger partial charge on any atom is -0.359 e. The molecule has 0 fully saturated rings. The van der Waals surface area contributed by atoms with E-state index in [4.69, 9.17) is 5.73 Å². The van der Waals surface area contributed by atoms with Crippen molar-refractivity contribution in [2.24, 2.45) is 5.73 Å². The summed E-state index contributed by atoms with van der Waals surface area (Å²) in [5, 5.41) is 2.60. The van der Waals surface area contributed by atoms with E-state index in [0.717, 1.165) is 12.0 Å². The third kappa shape index (κ3) is 2.85. The minimum absolute atomic E-state index is 0.0665. The van der Waals surface area contributed by atoms with E-state index in [0.29, 0.717) is 13.0 Å². The molecule has 1 aromatic carbocycles. The molecular weight excluding hydrogens is 176 g/mol. The Morgan fingerprint density at radius 3 is 2.57 bits per heavy atom. The standard InChI is InChI=1S/C11H16N2O/c1-13-11(14)7-6-9-4-2-3-5-10(9)8-12/h2-5H,6-8,12H2,1H3,(H,13,14). The van der Waals surface area contributed by atoms with E-state index in [-0.39, 0.29) is 5.91 Å². The first kappa shape index (κ1) is 10.7. The smallest absolute Gasteiger partial charge is 0.220 e. The van der Waals surface area contributed by atoms with E-state index in [1.54, 1.807) is 7.05 Å². The number of amides is 1. The molecule has 0 heterocycles. The normalized spacial score (nSPS) is 9.86. The molecule has 76 valence electrons. The predicted molar refractivity (Wildman–Crippen MR) is 56.7 cm³/mol. The van der Waals surface area contributed by atoms with Crippen molar-refractivity contribution in [3.05, 3.63) is 35.4 Å². The Morgan fingerprint density at radius 2 is 2.00 bits per heavy atom. The summed E-state index contributed by atoms with van der Waals surface area (Å²) in [5.74, 6) is 0.0665. The number of nitrogens with one attached hydrogen (secondary N) is 1. The van der Waals surface area contributed by atoms with Gasteiger partial charge in [0.15, 0.2) is 0 Å². The van der Waals surface area contributed by atoms with Crippen LogP contribution in [0.1, 0.15) is 17.5 Å². The van der Waals surface area contributed by atoms with Gasteiger partial charge in [0, 0.05) is 20.0 Å². The maximum Gasteiger partial charge on any atom is 0.220 e. The molecule has 0 unspecified atom stereocenters. The van der Waals surface area contributed by atoms with Crippen molar-refractivity contribution in [2.75, 3.05) is 7.05 Å². The van der Waals surface area contributed by atoms with Crippen molar-refractivity contribution in [2.45, 2.75) is 19.4 Å². The molecule has 3 nitrogen and oxygen atoms in total. The molecule has 0 saturated heterocycles. The van der Waals surface area contributed by atoms with Crippen molar-refractivity contribution in [1.29, 1.82) is 0 Å². The summed E-state index contributed by atoms with van der Waals surface area (Å²) in [4.78, 5) is 11.0. The quantitative estimate of drug-likeness (QED) is 0.742. The number of benzene rings is 1. The number of carbonyl (C=O) groups excluding carboxylic acids is 1. The zero-order chi connectivity index (χ0) is 10.4. The van der Waals surface area contributed by atoms with Gasteiger partial charge < -0.3 is 11.1 Å². The van der Waals surface area contributed by atoms with Crippen LogP contribution in [-0.4, -0.2) is 13.0 Å². The molecule has 0 atom stereocenters. The third-order valence-corrected chi connectivity index (χ3v) is 2.24. The highest BCUT2D eigenvalue weighted by molar-refractivity contribution is 5.75. The van der Waals surface area contributed by atoms with Crippen LogP contribution in [0.25, 0.3) is 0 Å². The minimum atomic E-state index is 0.0665. The summed E-state index contributed by atoms with van der Waals surface area (Å²) in [6.45, 7) is 0.532. The van der Waals surface area contributed by atoms with Crippen LogP contribution >= 0.6 is 0 Å². The van der Waals surface area contributed by atoms with Crippen LogP contribution in [0.2, 0.25) is 0 Å². The Hall–Kier alpha value is -1.35. The van der Waals surface area contributed by atoms with Crippen LogP contribution in [0.4, 0.5) is 0 Å². The van der Waals surface area contributed by atoms with Gasteiger partial charge >= 0.3 is 0 Å². The maximum absolute atomic E-state index is 11.0. The molecule has 0 spiro atoms. The van der Waals surface area contributed by atoms with Crippen molar-refractivity contribution < 1.29 is 4.79 Å². The number of nitrogens with two attached hydrogens (primary N) is 1. The molecule has 0 bridgehead atoms. The molecule has 0 aliphatic rings. The number of rotatable bonds is 4. The summed E-state index contributed by atoms with van der Waals surface area (Å²) in [6, 6.07) is 7.95. The second kappa shape index (κ2) is 5.40. The van der Waals surface area contributed by atoms with Gasteiger partial charge in [0.25, 0.3) is 0 Å². The molecule has 0 aliphatic heterocycles. The highest BCUT2D eigenvalue weighted by atomic mass is 16.1. The largest absolute Gasteiger partial charge is 0.359 e. The fraction of sp³-hybridized carbons (Fsp3) is 0.364. The molecule has 0 aliphatic carbocycles. The molecule has 0 radical (unpaired) electrons. The Balaban J connectivity index is 2.61. The Bertz CT molecular complexity index is 310. The molecule has 1 rings (SSSR count). The van der Waals surface area contributed by atoms with Crippen molar-refractivity contribution in [3.8, 4) is 0 Å². The zero-order valence-electron chi connectivity index (χ0n) is 8.42. The second-order valence-electron chi connectivity index (χ2n) is 3.15. The summed E-state index contributed by atoms with van der Waals surface area (Å²) < 4.78 is 0. The van der Waals surface area contributed by atoms with Crippen LogP contribution in [0, 0.1) is 0 Å². The molecule has 0 saturated carbocycles. The van der Waals surface area contributed by atoms with E-state index in [9.17, 15) is 4.79 Å². The lowest BCUT2D eigenvalue weighted by Gasteiger charge is -2.06. The SMILES string of the molecule is CNC(=O)CCc1ccccc1CN. The average Bonchev–Trinajstić information content (AvgIpc) is 2.26. The fourth-order valence-electron chi connectivity index (χ4n) is 1.37. The lowest BCUT2D eigenvalue weighted by Crippen LogP contribution is -2.18. The molecule has 3 heteroatoms. The molecule has 1 aromatic rings. The monoisotopic (exact) mass is 192 g/mol. The van der Waals surface area contributed by atoms with Gasteiger partial charge in [-0.25, -0.2) is 0 Å². The molecule has 14 heavy (non-hydrogen) atoms. The summed E-state index contributed by atoms with van der Waals surface area (Å²) in [6.07, 6.45) is 1.28. The van der Waals surface area contributed by atoms with Gasteiger partial charge in [-0.3, -0.25) is 4.79 Å². The van der Waals surface area contributed by atoms with Crippen molar-refractivity contribution in [3.63, 3.8) is 0 Å². The van der Waals surface area contributed by atoms with Gasteiger partial charge in [-0.2, -0.15) is 0 Å². The number of aryl methyl sites for hydroxylation is 1. The lowest BCUT2D eigenvalue weighted by molar-refractivity contribution is -0.120. The highest BCUT2D eigenvalue weighted by Crippen LogP contribution is 2.09. The Kier molecular flexibility index (Phi) is 4.13. The molecule has 3 N–H and O–H groups in total. The van der Waals surface area contributed by atoms with Gasteiger partial charge in [-0.15, -0.1) is 0 Å². The van der Waals surface area contributed by atoms with Gasteiger partial charge in [0.2, 0.25) is 5.91 Å². The van der Waals surface area contributed by atoms with Gasteiger partial charge in [0.1, 0.15) is 0 Å². The first-order valence-electron chi connectivity index (χ1n) is 4.75. The number of hydrogen-bond acceptors (Lipinski definition) is 2. The van der Waals surface area contributed by atoms with Crippen molar-refractivity contribution >= 4 is 5.91 Å². The predicted octanol–water partition coefficient (Wildman–Crippen LogP) is 0.824. The number of hydrogen-bond donors (Lipinski definition) is 2. The summed E-state index contributed by atoms with van der Waals surface area (Å²) in [5.41, 5.74) is 7.88. The molecule has 1 amide bonds. The van der Waals surface area contributed by atoms with Gasteiger partial charge in [-0.05, 0) is 17.5 Å². The summed E-state index contributed by atoms with van der Waals surface area (Å²) in [7, 11) is 1.65. The van der Waals surface area contributed by atoms with E-state index in [1.807, 2.05) is 24.3 Å². The molecular formula is C11H16N2O. The first-order chi connectivity index (χ1) is 6.77. The highest BCUT2D eigenvalue weighted by Gasteiger charge is 2.02. The topological polar surface area (TPSA) is 55.1 Å². The second-order valence-corrected chi connectivity index (χ2v) is 3.15. The Morgan fingerprint density at radius 1 is 1.36 bits per heavy atom. The van der Waals surface area contributed by atoms with Gasteiger partial charge in [0.05, 0.1) is 0 Å². The number of carbonyl (C=O) groups is 1. The maximum atomic E-state index is 11.0. The van der Waals surface area contributed by atoms with Crippen LogP contribution in [0.3, 0.4) is 0 Å². The molecule has 0 aromatic heterocycles. The third-order valence-electron chi connectivity index (χ3n) is 2.24. The van der Waals surface area contributed by atoms with E-state index in [1.165, 1.54) is 5.56 Å². The van der Waals surface area contributed by atoms with Crippen LogP contribution in [-0.2, 0) is 17.8 Å². The zero-order valence-corrected chi connectivity index (χ0v) is 8.42. The Labute approximate surface area is 84.3 Å².